The Balaban J connectivity index is 2.12. The number of hydrogen-bond donors (Lipinski definition) is 1. The van der Waals surface area contributed by atoms with E-state index < -0.39 is 11.9 Å². The van der Waals surface area contributed by atoms with Crippen LogP contribution < -0.4 is 4.74 Å². The second kappa shape index (κ2) is 6.38. The van der Waals surface area contributed by atoms with Crippen LogP contribution in [-0.4, -0.2) is 5.11 Å². The molecule has 3 nitrogen and oxygen atoms in total. The average Bonchev–Trinajstić information content (AvgIpc) is 2.47. The van der Waals surface area contributed by atoms with E-state index >= 15 is 0 Å². The molecule has 2 aromatic carbocycles. The number of halogens is 1. The minimum Gasteiger partial charge on any atom is -0.489 e. The second-order valence-electron chi connectivity index (χ2n) is 4.92. The standard InChI is InChI=1S/C17H16FNO2/c1-11-7-14(12(2)20)4-6-17(11)21-10-13-3-5-16(18)15(8-13)9-19/h3-8,12,20H,10H2,1-2H3/t12-/m0/s1. The molecule has 0 bridgehead atoms. The van der Waals surface area contributed by atoms with Crippen LogP contribution in [0, 0.1) is 24.1 Å². The van der Waals surface area contributed by atoms with E-state index in [1.807, 2.05) is 13.0 Å². The summed E-state index contributed by atoms with van der Waals surface area (Å²) in [4.78, 5) is 0. The Hall–Kier alpha value is -2.38. The summed E-state index contributed by atoms with van der Waals surface area (Å²) in [6.07, 6.45) is -0.520. The first-order chi connectivity index (χ1) is 10.0. The Morgan fingerprint density at radius 1 is 1.29 bits per heavy atom. The van der Waals surface area contributed by atoms with Gasteiger partial charge in [0.1, 0.15) is 24.2 Å². The molecule has 1 N–H and O–H groups in total. The maximum Gasteiger partial charge on any atom is 0.140 e. The Bertz CT molecular complexity index is 690. The minimum atomic E-state index is -0.529. The highest BCUT2D eigenvalue weighted by Gasteiger charge is 2.07. The molecule has 0 heterocycles. The molecule has 0 amide bonds. The van der Waals surface area contributed by atoms with Crippen molar-refractivity contribution in [2.45, 2.75) is 26.6 Å². The lowest BCUT2D eigenvalue weighted by Crippen LogP contribution is -2.00. The molecular formula is C17H16FNO2. The summed E-state index contributed by atoms with van der Waals surface area (Å²) in [5, 5.41) is 18.3. The van der Waals surface area contributed by atoms with Gasteiger partial charge in [0.15, 0.2) is 0 Å². The average molecular weight is 285 g/mol. The fourth-order valence-electron chi connectivity index (χ4n) is 2.00. The Morgan fingerprint density at radius 2 is 2.05 bits per heavy atom. The van der Waals surface area contributed by atoms with Crippen LogP contribution in [0.2, 0.25) is 0 Å². The van der Waals surface area contributed by atoms with Crippen molar-refractivity contribution < 1.29 is 14.2 Å². The number of hydrogen-bond acceptors (Lipinski definition) is 3. The molecule has 108 valence electrons. The number of benzene rings is 2. The first-order valence-corrected chi connectivity index (χ1v) is 6.61. The lowest BCUT2D eigenvalue weighted by molar-refractivity contribution is 0.199. The Morgan fingerprint density at radius 3 is 2.67 bits per heavy atom. The van der Waals surface area contributed by atoms with E-state index in [1.54, 1.807) is 31.2 Å². The van der Waals surface area contributed by atoms with Crippen LogP contribution in [0.1, 0.15) is 35.3 Å². The zero-order valence-corrected chi connectivity index (χ0v) is 11.9. The number of nitriles is 1. The summed E-state index contributed by atoms with van der Waals surface area (Å²) in [7, 11) is 0. The zero-order chi connectivity index (χ0) is 15.4. The molecule has 0 saturated carbocycles. The van der Waals surface area contributed by atoms with Gasteiger partial charge in [-0.3, -0.25) is 0 Å². The van der Waals surface area contributed by atoms with Gasteiger partial charge in [-0.25, -0.2) is 4.39 Å². The SMILES string of the molecule is Cc1cc([C@H](C)O)ccc1OCc1ccc(F)c(C#N)c1. The number of aliphatic hydroxyl groups excluding tert-OH is 1. The fraction of sp³-hybridized carbons (Fsp3) is 0.235. The van der Waals surface area contributed by atoms with Crippen molar-refractivity contribution in [1.82, 2.24) is 0 Å². The van der Waals surface area contributed by atoms with Gasteiger partial charge in [-0.1, -0.05) is 12.1 Å². The topological polar surface area (TPSA) is 53.2 Å². The molecule has 2 aromatic rings. The molecule has 0 aliphatic carbocycles. The summed E-state index contributed by atoms with van der Waals surface area (Å²) in [5.74, 6) is 0.168. The van der Waals surface area contributed by atoms with Crippen molar-refractivity contribution in [3.63, 3.8) is 0 Å². The van der Waals surface area contributed by atoms with Crippen LogP contribution in [0.5, 0.6) is 5.75 Å². The number of rotatable bonds is 4. The van der Waals surface area contributed by atoms with E-state index in [4.69, 9.17) is 10.00 Å². The van der Waals surface area contributed by atoms with Crippen molar-refractivity contribution in [1.29, 1.82) is 5.26 Å². The van der Waals surface area contributed by atoms with Gasteiger partial charge < -0.3 is 9.84 Å². The zero-order valence-electron chi connectivity index (χ0n) is 11.9. The van der Waals surface area contributed by atoms with Crippen molar-refractivity contribution in [2.24, 2.45) is 0 Å². The van der Waals surface area contributed by atoms with E-state index in [9.17, 15) is 9.50 Å². The van der Waals surface area contributed by atoms with Crippen LogP contribution in [0.3, 0.4) is 0 Å². The van der Waals surface area contributed by atoms with Gasteiger partial charge in [0.25, 0.3) is 0 Å². The minimum absolute atomic E-state index is 0.0114. The van der Waals surface area contributed by atoms with E-state index in [-0.39, 0.29) is 12.2 Å². The predicted octanol–water partition coefficient (Wildman–Crippen LogP) is 3.64. The van der Waals surface area contributed by atoms with E-state index in [1.165, 1.54) is 12.1 Å². The van der Waals surface area contributed by atoms with Crippen molar-refractivity contribution in [2.75, 3.05) is 0 Å². The van der Waals surface area contributed by atoms with Gasteiger partial charge in [0.05, 0.1) is 11.7 Å². The summed E-state index contributed by atoms with van der Waals surface area (Å²) >= 11 is 0. The number of aryl methyl sites for hydroxylation is 1. The maximum atomic E-state index is 13.2. The first kappa shape index (κ1) is 15.0. The lowest BCUT2D eigenvalue weighted by atomic mass is 10.1. The van der Waals surface area contributed by atoms with Gasteiger partial charge in [-0.2, -0.15) is 5.26 Å². The summed E-state index contributed by atoms with van der Waals surface area (Å²) < 4.78 is 18.9. The van der Waals surface area contributed by atoms with Gasteiger partial charge in [-0.15, -0.1) is 0 Å². The Kier molecular flexibility index (Phi) is 4.56. The maximum absolute atomic E-state index is 13.2. The fourth-order valence-corrected chi connectivity index (χ4v) is 2.00. The Labute approximate surface area is 123 Å². The van der Waals surface area contributed by atoms with E-state index in [0.717, 1.165) is 16.7 Å². The van der Waals surface area contributed by atoms with Crippen LogP contribution in [-0.2, 0) is 6.61 Å². The molecule has 0 fully saturated rings. The summed E-state index contributed by atoms with van der Waals surface area (Å²) in [5.41, 5.74) is 2.48. The third-order valence-electron chi connectivity index (χ3n) is 3.23. The third kappa shape index (κ3) is 3.59. The van der Waals surface area contributed by atoms with Crippen LogP contribution >= 0.6 is 0 Å². The summed E-state index contributed by atoms with van der Waals surface area (Å²) in [6.45, 7) is 3.85. The molecule has 2 rings (SSSR count). The molecule has 1 atom stereocenters. The highest BCUT2D eigenvalue weighted by Crippen LogP contribution is 2.23. The largest absolute Gasteiger partial charge is 0.489 e. The van der Waals surface area contributed by atoms with Crippen LogP contribution in [0.25, 0.3) is 0 Å². The number of nitrogens with zero attached hydrogens (tertiary/aromatic N) is 1. The predicted molar refractivity (Wildman–Crippen MR) is 77.3 cm³/mol. The lowest BCUT2D eigenvalue weighted by Gasteiger charge is -2.12. The molecule has 4 heteroatoms. The molecule has 0 aliphatic heterocycles. The van der Waals surface area contributed by atoms with Crippen LogP contribution in [0.15, 0.2) is 36.4 Å². The van der Waals surface area contributed by atoms with Crippen molar-refractivity contribution in [3.8, 4) is 11.8 Å². The van der Waals surface area contributed by atoms with Gasteiger partial charge in [0, 0.05) is 0 Å². The van der Waals surface area contributed by atoms with Gasteiger partial charge in [0.2, 0.25) is 0 Å². The molecule has 0 spiro atoms. The van der Waals surface area contributed by atoms with E-state index in [0.29, 0.717) is 5.75 Å². The second-order valence-corrected chi connectivity index (χ2v) is 4.92. The molecule has 0 saturated heterocycles. The first-order valence-electron chi connectivity index (χ1n) is 6.61. The normalized spacial score (nSPS) is 11.8. The molecule has 0 aromatic heterocycles. The van der Waals surface area contributed by atoms with Gasteiger partial charge in [-0.05, 0) is 54.8 Å². The number of ether oxygens (including phenoxy) is 1. The molecule has 0 unspecified atom stereocenters. The third-order valence-corrected chi connectivity index (χ3v) is 3.23. The molecule has 0 radical (unpaired) electrons. The quantitative estimate of drug-likeness (QED) is 0.933. The highest BCUT2D eigenvalue weighted by molar-refractivity contribution is 5.38. The highest BCUT2D eigenvalue weighted by atomic mass is 19.1. The van der Waals surface area contributed by atoms with Crippen LogP contribution in [0.4, 0.5) is 4.39 Å². The summed E-state index contributed by atoms with van der Waals surface area (Å²) in [6, 6.07) is 11.6. The smallest absolute Gasteiger partial charge is 0.140 e. The van der Waals surface area contributed by atoms with Crippen molar-refractivity contribution in [3.05, 3.63) is 64.5 Å². The molecule has 21 heavy (non-hydrogen) atoms. The van der Waals surface area contributed by atoms with Crippen molar-refractivity contribution >= 4 is 0 Å². The number of aliphatic hydroxyl groups is 1. The van der Waals surface area contributed by atoms with Gasteiger partial charge >= 0.3 is 0 Å². The monoisotopic (exact) mass is 285 g/mol. The molecular weight excluding hydrogens is 269 g/mol. The molecule has 0 aliphatic rings. The van der Waals surface area contributed by atoms with E-state index in [2.05, 4.69) is 0 Å².